The number of carbonyl (C=O) groups is 2. The smallest absolute Gasteiger partial charge is 0.307 e. The first-order chi connectivity index (χ1) is 14.2. The Labute approximate surface area is 180 Å². The van der Waals surface area contributed by atoms with Gasteiger partial charge < -0.3 is 14.5 Å². The molecule has 1 atom stereocenters. The van der Waals surface area contributed by atoms with E-state index in [2.05, 4.69) is 5.32 Å². The van der Waals surface area contributed by atoms with E-state index in [-0.39, 0.29) is 22.8 Å². The van der Waals surface area contributed by atoms with E-state index in [0.29, 0.717) is 23.7 Å². The maximum atomic E-state index is 12.8. The zero-order chi connectivity index (χ0) is 21.9. The Kier molecular flexibility index (Phi) is 6.84. The van der Waals surface area contributed by atoms with E-state index >= 15 is 0 Å². The van der Waals surface area contributed by atoms with Crippen molar-refractivity contribution in [3.05, 3.63) is 52.4 Å². The van der Waals surface area contributed by atoms with Gasteiger partial charge in [0.05, 0.1) is 19.6 Å². The Bertz CT molecular complexity index is 1030. The molecular weight excluding hydrogens is 432 g/mol. The number of rotatable bonds is 7. The van der Waals surface area contributed by atoms with Crippen LogP contribution >= 0.6 is 11.6 Å². The van der Waals surface area contributed by atoms with Gasteiger partial charge in [-0.1, -0.05) is 23.7 Å². The summed E-state index contributed by atoms with van der Waals surface area (Å²) < 4.78 is 37.2. The van der Waals surface area contributed by atoms with Crippen LogP contribution in [0, 0.1) is 6.92 Å². The number of halogens is 1. The highest BCUT2D eigenvalue weighted by atomic mass is 35.5. The number of ether oxygens (including phenoxy) is 1. The number of benzene rings is 1. The molecular formula is C20H23ClN2O6S. The van der Waals surface area contributed by atoms with E-state index in [1.165, 1.54) is 24.4 Å². The van der Waals surface area contributed by atoms with Crippen LogP contribution in [-0.2, 0) is 19.6 Å². The van der Waals surface area contributed by atoms with Gasteiger partial charge in [-0.25, -0.2) is 8.42 Å². The van der Waals surface area contributed by atoms with Gasteiger partial charge in [0.1, 0.15) is 10.7 Å². The minimum absolute atomic E-state index is 0.0226. The molecule has 1 aliphatic heterocycles. The molecule has 1 saturated heterocycles. The summed E-state index contributed by atoms with van der Waals surface area (Å²) in [5, 5.41) is 3.22. The normalized spacial score (nSPS) is 15.7. The molecule has 0 aliphatic carbocycles. The van der Waals surface area contributed by atoms with E-state index in [4.69, 9.17) is 20.8 Å². The third-order valence-corrected chi connectivity index (χ3v) is 7.21. The third kappa shape index (κ3) is 4.85. The number of hydrogen-bond acceptors (Lipinski definition) is 6. The second-order valence-electron chi connectivity index (χ2n) is 7.00. The average molecular weight is 455 g/mol. The van der Waals surface area contributed by atoms with Crippen molar-refractivity contribution in [2.45, 2.75) is 37.1 Å². The van der Waals surface area contributed by atoms with Crippen molar-refractivity contribution >= 4 is 33.5 Å². The van der Waals surface area contributed by atoms with Gasteiger partial charge in [-0.05, 0) is 37.5 Å². The number of esters is 1. The number of sulfonamides is 1. The number of furan rings is 1. The minimum atomic E-state index is -3.72. The van der Waals surface area contributed by atoms with Crippen LogP contribution in [0.2, 0.25) is 5.02 Å². The maximum Gasteiger partial charge on any atom is 0.307 e. The van der Waals surface area contributed by atoms with E-state index in [1.54, 1.807) is 24.3 Å². The van der Waals surface area contributed by atoms with Gasteiger partial charge in [0, 0.05) is 24.2 Å². The summed E-state index contributed by atoms with van der Waals surface area (Å²) in [7, 11) is -2.46. The number of nitrogens with one attached hydrogen (secondary N) is 1. The lowest BCUT2D eigenvalue weighted by Gasteiger charge is -2.17. The Hall–Kier alpha value is -2.36. The number of amides is 1. The van der Waals surface area contributed by atoms with Crippen molar-refractivity contribution in [1.29, 1.82) is 0 Å². The van der Waals surface area contributed by atoms with Crippen molar-refractivity contribution in [3.63, 3.8) is 0 Å². The second-order valence-corrected chi connectivity index (χ2v) is 9.34. The number of aryl methyl sites for hydroxylation is 1. The molecule has 0 bridgehead atoms. The molecule has 30 heavy (non-hydrogen) atoms. The van der Waals surface area contributed by atoms with Gasteiger partial charge in [0.25, 0.3) is 5.91 Å². The average Bonchev–Trinajstić information content (AvgIpc) is 3.38. The van der Waals surface area contributed by atoms with E-state index in [0.717, 1.165) is 12.8 Å². The molecule has 1 N–H and O–H groups in total. The molecule has 10 heteroatoms. The highest BCUT2D eigenvalue weighted by molar-refractivity contribution is 7.89. The third-order valence-electron chi connectivity index (χ3n) is 4.96. The lowest BCUT2D eigenvalue weighted by atomic mass is 10.0. The lowest BCUT2D eigenvalue weighted by molar-refractivity contribution is -0.141. The molecule has 0 spiro atoms. The van der Waals surface area contributed by atoms with E-state index < -0.39 is 27.9 Å². The summed E-state index contributed by atoms with van der Waals surface area (Å²) in [6.45, 7) is 2.41. The predicted octanol–water partition coefficient (Wildman–Crippen LogP) is 3.06. The Morgan fingerprint density at radius 3 is 2.47 bits per heavy atom. The molecule has 8 nitrogen and oxygen atoms in total. The van der Waals surface area contributed by atoms with Crippen LogP contribution in [0.5, 0.6) is 0 Å². The summed E-state index contributed by atoms with van der Waals surface area (Å²) in [4.78, 5) is 24.6. The Balaban J connectivity index is 1.83. The first kappa shape index (κ1) is 22.3. The van der Waals surface area contributed by atoms with Gasteiger partial charge in [-0.3, -0.25) is 9.59 Å². The number of carbonyl (C=O) groups excluding carboxylic acids is 2. The quantitative estimate of drug-likeness (QED) is 0.644. The van der Waals surface area contributed by atoms with E-state index in [9.17, 15) is 18.0 Å². The fourth-order valence-electron chi connectivity index (χ4n) is 3.33. The van der Waals surface area contributed by atoms with E-state index in [1.807, 2.05) is 0 Å². The molecule has 2 aromatic rings. The molecule has 1 amide bonds. The zero-order valence-corrected chi connectivity index (χ0v) is 18.3. The van der Waals surface area contributed by atoms with Crippen LogP contribution in [-0.4, -0.2) is 44.8 Å². The molecule has 1 unspecified atom stereocenters. The predicted molar refractivity (Wildman–Crippen MR) is 110 cm³/mol. The first-order valence-electron chi connectivity index (χ1n) is 9.46. The number of nitrogens with zero attached hydrogens (tertiary/aromatic N) is 1. The van der Waals surface area contributed by atoms with Crippen LogP contribution in [0.25, 0.3) is 0 Å². The molecule has 1 aromatic carbocycles. The van der Waals surface area contributed by atoms with Gasteiger partial charge in [-0.2, -0.15) is 4.31 Å². The summed E-state index contributed by atoms with van der Waals surface area (Å²) in [6, 6.07) is 7.19. The van der Waals surface area contributed by atoms with Crippen LogP contribution in [0.15, 0.2) is 39.6 Å². The molecule has 162 valence electrons. The molecule has 3 rings (SSSR count). The van der Waals surface area contributed by atoms with Gasteiger partial charge in [0.15, 0.2) is 5.76 Å². The first-order valence-corrected chi connectivity index (χ1v) is 11.3. The summed E-state index contributed by atoms with van der Waals surface area (Å²) in [5.41, 5.74) is 0.645. The van der Waals surface area contributed by atoms with Crippen LogP contribution < -0.4 is 5.32 Å². The van der Waals surface area contributed by atoms with Crippen molar-refractivity contribution in [3.8, 4) is 0 Å². The highest BCUT2D eigenvalue weighted by Crippen LogP contribution is 2.27. The van der Waals surface area contributed by atoms with Gasteiger partial charge in [-0.15, -0.1) is 0 Å². The highest BCUT2D eigenvalue weighted by Gasteiger charge is 2.32. The van der Waals surface area contributed by atoms with Crippen molar-refractivity contribution < 1.29 is 27.2 Å². The second kappa shape index (κ2) is 9.20. The standard InChI is InChI=1S/C20H23ClN2O6S/c1-13-18(30(26,27)23-9-3-4-10-23)12-17(29-13)20(25)22-16(11-19(24)28-2)14-5-7-15(21)8-6-14/h5-8,12,16H,3-4,9-11H2,1-2H3,(H,22,25). The van der Waals surface area contributed by atoms with Gasteiger partial charge in [0.2, 0.25) is 10.0 Å². The molecule has 1 aromatic heterocycles. The molecule has 1 fully saturated rings. The lowest BCUT2D eigenvalue weighted by Crippen LogP contribution is -2.30. The summed E-state index contributed by atoms with van der Waals surface area (Å²) in [5.74, 6) is -1.15. The maximum absolute atomic E-state index is 12.8. The minimum Gasteiger partial charge on any atom is -0.469 e. The fraction of sp³-hybridized carbons (Fsp3) is 0.400. The fourth-order valence-corrected chi connectivity index (χ4v) is 5.13. The van der Waals surface area contributed by atoms with Crippen molar-refractivity contribution in [2.24, 2.45) is 0 Å². The van der Waals surface area contributed by atoms with Gasteiger partial charge >= 0.3 is 5.97 Å². The Morgan fingerprint density at radius 1 is 1.23 bits per heavy atom. The van der Waals surface area contributed by atoms with Crippen LogP contribution in [0.4, 0.5) is 0 Å². The van der Waals surface area contributed by atoms with Crippen molar-refractivity contribution in [2.75, 3.05) is 20.2 Å². The zero-order valence-electron chi connectivity index (χ0n) is 16.7. The summed E-state index contributed by atoms with van der Waals surface area (Å²) in [6.07, 6.45) is 1.50. The topological polar surface area (TPSA) is 106 Å². The summed E-state index contributed by atoms with van der Waals surface area (Å²) >= 11 is 5.91. The SMILES string of the molecule is COC(=O)CC(NC(=O)c1cc(S(=O)(=O)N2CCCC2)c(C)o1)c1ccc(Cl)cc1. The molecule has 0 radical (unpaired) electrons. The van der Waals surface area contributed by atoms with Crippen LogP contribution in [0.3, 0.4) is 0 Å². The molecule has 1 aliphatic rings. The molecule has 2 heterocycles. The number of methoxy groups -OCH3 is 1. The molecule has 0 saturated carbocycles. The van der Waals surface area contributed by atoms with Crippen molar-refractivity contribution in [1.82, 2.24) is 9.62 Å². The van der Waals surface area contributed by atoms with Crippen LogP contribution in [0.1, 0.15) is 47.2 Å². The largest absolute Gasteiger partial charge is 0.469 e. The monoisotopic (exact) mass is 454 g/mol. The Morgan fingerprint density at radius 2 is 1.87 bits per heavy atom. The number of hydrogen-bond donors (Lipinski definition) is 1.